The van der Waals surface area contributed by atoms with E-state index >= 15 is 0 Å². The van der Waals surface area contributed by atoms with Crippen molar-refractivity contribution in [3.05, 3.63) is 62.5 Å². The van der Waals surface area contributed by atoms with E-state index in [9.17, 15) is 4.79 Å². The summed E-state index contributed by atoms with van der Waals surface area (Å²) in [5.74, 6) is -0.147. The van der Waals surface area contributed by atoms with Crippen LogP contribution in [0.3, 0.4) is 0 Å². The minimum Gasteiger partial charge on any atom is -0.380 e. The SMILES string of the molecule is COCc1cccc(C(=O)Nc2ccc(Br)cc2Br)c1. The number of halogens is 2. The molecule has 104 valence electrons. The van der Waals surface area contributed by atoms with Crippen molar-refractivity contribution in [3.8, 4) is 0 Å². The first kappa shape index (κ1) is 15.2. The van der Waals surface area contributed by atoms with Gasteiger partial charge in [0.25, 0.3) is 5.91 Å². The molecule has 2 rings (SSSR count). The Morgan fingerprint density at radius 1 is 1.20 bits per heavy atom. The van der Waals surface area contributed by atoms with E-state index in [-0.39, 0.29) is 5.91 Å². The molecule has 1 amide bonds. The van der Waals surface area contributed by atoms with E-state index in [0.717, 1.165) is 20.2 Å². The van der Waals surface area contributed by atoms with E-state index in [2.05, 4.69) is 37.2 Å². The second-order valence-electron chi connectivity index (χ2n) is 4.21. The maximum atomic E-state index is 12.2. The number of hydrogen-bond acceptors (Lipinski definition) is 2. The van der Waals surface area contributed by atoms with Crippen LogP contribution in [0, 0.1) is 0 Å². The molecule has 0 heterocycles. The van der Waals surface area contributed by atoms with E-state index in [0.29, 0.717) is 12.2 Å². The Balaban J connectivity index is 2.17. The van der Waals surface area contributed by atoms with E-state index in [1.165, 1.54) is 0 Å². The summed E-state index contributed by atoms with van der Waals surface area (Å²) in [6.45, 7) is 0.489. The lowest BCUT2D eigenvalue weighted by molar-refractivity contribution is 0.102. The van der Waals surface area contributed by atoms with Gasteiger partial charge in [0, 0.05) is 21.6 Å². The van der Waals surface area contributed by atoms with Crippen LogP contribution >= 0.6 is 31.9 Å². The van der Waals surface area contributed by atoms with Crippen molar-refractivity contribution in [2.24, 2.45) is 0 Å². The summed E-state index contributed by atoms with van der Waals surface area (Å²) in [6.07, 6.45) is 0. The molecule has 0 bridgehead atoms. The molecule has 1 N–H and O–H groups in total. The van der Waals surface area contributed by atoms with Gasteiger partial charge in [-0.1, -0.05) is 28.1 Å². The predicted octanol–water partition coefficient (Wildman–Crippen LogP) is 4.61. The van der Waals surface area contributed by atoms with Crippen LogP contribution < -0.4 is 5.32 Å². The van der Waals surface area contributed by atoms with Crippen LogP contribution in [0.25, 0.3) is 0 Å². The number of methoxy groups -OCH3 is 1. The van der Waals surface area contributed by atoms with E-state index in [4.69, 9.17) is 4.74 Å². The van der Waals surface area contributed by atoms with E-state index in [1.54, 1.807) is 13.2 Å². The van der Waals surface area contributed by atoms with Crippen molar-refractivity contribution in [2.45, 2.75) is 6.61 Å². The fourth-order valence-electron chi connectivity index (χ4n) is 1.75. The molecule has 5 heteroatoms. The number of anilines is 1. The van der Waals surface area contributed by atoms with E-state index in [1.807, 2.05) is 36.4 Å². The lowest BCUT2D eigenvalue weighted by atomic mass is 10.1. The molecule has 0 fully saturated rings. The summed E-state index contributed by atoms with van der Waals surface area (Å²) in [5, 5.41) is 2.88. The smallest absolute Gasteiger partial charge is 0.255 e. The molecular formula is C15H13Br2NO2. The Hall–Kier alpha value is -1.17. The van der Waals surface area contributed by atoms with Crippen LogP contribution in [-0.4, -0.2) is 13.0 Å². The lowest BCUT2D eigenvalue weighted by Crippen LogP contribution is -2.12. The molecule has 2 aromatic carbocycles. The normalized spacial score (nSPS) is 10.3. The van der Waals surface area contributed by atoms with Crippen molar-refractivity contribution in [1.82, 2.24) is 0 Å². The third-order valence-corrected chi connectivity index (χ3v) is 3.83. The molecule has 3 nitrogen and oxygen atoms in total. The number of carbonyl (C=O) groups excluding carboxylic acids is 1. The van der Waals surface area contributed by atoms with Crippen molar-refractivity contribution in [3.63, 3.8) is 0 Å². The van der Waals surface area contributed by atoms with Crippen LogP contribution in [0.4, 0.5) is 5.69 Å². The fraction of sp³-hybridized carbons (Fsp3) is 0.133. The minimum atomic E-state index is -0.147. The minimum absolute atomic E-state index is 0.147. The van der Waals surface area contributed by atoms with Gasteiger partial charge in [-0.3, -0.25) is 4.79 Å². The molecule has 0 aliphatic heterocycles. The van der Waals surface area contributed by atoms with Gasteiger partial charge >= 0.3 is 0 Å². The number of hydrogen-bond donors (Lipinski definition) is 1. The molecule has 0 aliphatic carbocycles. The first-order chi connectivity index (χ1) is 9.60. The van der Waals surface area contributed by atoms with Crippen LogP contribution in [0.1, 0.15) is 15.9 Å². The standard InChI is InChI=1S/C15H13Br2NO2/c1-20-9-10-3-2-4-11(7-10)15(19)18-14-6-5-12(16)8-13(14)17/h2-8H,9H2,1H3,(H,18,19). The number of ether oxygens (including phenoxy) is 1. The highest BCUT2D eigenvalue weighted by molar-refractivity contribution is 9.11. The van der Waals surface area contributed by atoms with Gasteiger partial charge in [0.15, 0.2) is 0 Å². The third kappa shape index (κ3) is 3.91. The molecule has 0 unspecified atom stereocenters. The average molecular weight is 399 g/mol. The maximum absolute atomic E-state index is 12.2. The lowest BCUT2D eigenvalue weighted by Gasteiger charge is -2.09. The van der Waals surface area contributed by atoms with Gasteiger partial charge in [-0.15, -0.1) is 0 Å². The summed E-state index contributed by atoms with van der Waals surface area (Å²) in [6, 6.07) is 13.0. The molecule has 0 radical (unpaired) electrons. The Morgan fingerprint density at radius 3 is 2.70 bits per heavy atom. The molecule has 0 saturated heterocycles. The van der Waals surface area contributed by atoms with Gasteiger partial charge in [0.2, 0.25) is 0 Å². The van der Waals surface area contributed by atoms with Crippen LogP contribution in [-0.2, 0) is 11.3 Å². The molecule has 0 aliphatic rings. The molecular weight excluding hydrogens is 386 g/mol. The van der Waals surface area contributed by atoms with Crippen molar-refractivity contribution in [1.29, 1.82) is 0 Å². The molecule has 20 heavy (non-hydrogen) atoms. The Labute approximate surface area is 134 Å². The van der Waals surface area contributed by atoms with Gasteiger partial charge in [0.05, 0.1) is 12.3 Å². The Morgan fingerprint density at radius 2 is 2.00 bits per heavy atom. The van der Waals surface area contributed by atoms with Crippen molar-refractivity contribution in [2.75, 3.05) is 12.4 Å². The molecule has 0 saturated carbocycles. The molecule has 0 spiro atoms. The number of rotatable bonds is 4. The highest BCUT2D eigenvalue weighted by atomic mass is 79.9. The zero-order valence-corrected chi connectivity index (χ0v) is 14.0. The fourth-order valence-corrected chi connectivity index (χ4v) is 2.90. The highest BCUT2D eigenvalue weighted by Crippen LogP contribution is 2.26. The predicted molar refractivity (Wildman–Crippen MR) is 87.0 cm³/mol. The summed E-state index contributed by atoms with van der Waals surface area (Å²) >= 11 is 6.80. The van der Waals surface area contributed by atoms with Crippen LogP contribution in [0.2, 0.25) is 0 Å². The first-order valence-corrected chi connectivity index (χ1v) is 7.53. The molecule has 2 aromatic rings. The Bertz CT molecular complexity index is 629. The Kier molecular flexibility index (Phi) is 5.34. The highest BCUT2D eigenvalue weighted by Gasteiger charge is 2.09. The van der Waals surface area contributed by atoms with Crippen molar-refractivity contribution >= 4 is 43.5 Å². The summed E-state index contributed by atoms with van der Waals surface area (Å²) in [5.41, 5.74) is 2.31. The monoisotopic (exact) mass is 397 g/mol. The van der Waals surface area contributed by atoms with Gasteiger partial charge in [0.1, 0.15) is 0 Å². The van der Waals surface area contributed by atoms with Gasteiger partial charge in [-0.25, -0.2) is 0 Å². The number of amides is 1. The largest absolute Gasteiger partial charge is 0.380 e. The van der Waals surface area contributed by atoms with E-state index < -0.39 is 0 Å². The number of benzene rings is 2. The van der Waals surface area contributed by atoms with Crippen LogP contribution in [0.15, 0.2) is 51.4 Å². The van der Waals surface area contributed by atoms with Gasteiger partial charge in [-0.2, -0.15) is 0 Å². The number of nitrogens with one attached hydrogen (secondary N) is 1. The molecule has 0 atom stereocenters. The average Bonchev–Trinajstić information content (AvgIpc) is 2.42. The topological polar surface area (TPSA) is 38.3 Å². The number of carbonyl (C=O) groups is 1. The molecule has 0 aromatic heterocycles. The summed E-state index contributed by atoms with van der Waals surface area (Å²) in [7, 11) is 1.63. The van der Waals surface area contributed by atoms with Gasteiger partial charge in [-0.05, 0) is 51.8 Å². The summed E-state index contributed by atoms with van der Waals surface area (Å²) in [4.78, 5) is 12.2. The zero-order chi connectivity index (χ0) is 14.5. The summed E-state index contributed by atoms with van der Waals surface area (Å²) < 4.78 is 6.84. The second kappa shape index (κ2) is 7.02. The van der Waals surface area contributed by atoms with Gasteiger partial charge < -0.3 is 10.1 Å². The quantitative estimate of drug-likeness (QED) is 0.816. The second-order valence-corrected chi connectivity index (χ2v) is 5.98. The zero-order valence-electron chi connectivity index (χ0n) is 10.8. The van der Waals surface area contributed by atoms with Crippen molar-refractivity contribution < 1.29 is 9.53 Å². The third-order valence-electron chi connectivity index (χ3n) is 2.68. The van der Waals surface area contributed by atoms with Crippen LogP contribution in [0.5, 0.6) is 0 Å². The maximum Gasteiger partial charge on any atom is 0.255 e. The first-order valence-electron chi connectivity index (χ1n) is 5.94.